The lowest BCUT2D eigenvalue weighted by molar-refractivity contribution is -0.122. The Morgan fingerprint density at radius 1 is 1.37 bits per heavy atom. The van der Waals surface area contributed by atoms with Gasteiger partial charge in [0.1, 0.15) is 0 Å². The lowest BCUT2D eigenvalue weighted by Crippen LogP contribution is -2.44. The highest BCUT2D eigenvalue weighted by Crippen LogP contribution is 2.40. The van der Waals surface area contributed by atoms with E-state index >= 15 is 0 Å². The Balaban J connectivity index is 2.22. The average Bonchev–Trinajstić information content (AvgIpc) is 2.90. The van der Waals surface area contributed by atoms with Crippen LogP contribution in [0.1, 0.15) is 25.7 Å². The van der Waals surface area contributed by atoms with E-state index in [1.165, 1.54) is 0 Å². The van der Waals surface area contributed by atoms with Gasteiger partial charge in [0.05, 0.1) is 16.1 Å². The largest absolute Gasteiger partial charge is 0.392 e. The van der Waals surface area contributed by atoms with Gasteiger partial charge in [0, 0.05) is 4.90 Å². The van der Waals surface area contributed by atoms with Gasteiger partial charge in [-0.25, -0.2) is 0 Å². The number of carbonyl (C=O) groups is 1. The summed E-state index contributed by atoms with van der Waals surface area (Å²) in [7, 11) is 0. The maximum Gasteiger partial charge on any atom is 0.237 e. The van der Waals surface area contributed by atoms with E-state index in [0.29, 0.717) is 4.99 Å². The highest BCUT2D eigenvalue weighted by Gasteiger charge is 2.44. The maximum atomic E-state index is 12.6. The fourth-order valence-corrected chi connectivity index (χ4v) is 3.40. The third-order valence-corrected chi connectivity index (χ3v) is 4.91. The maximum absolute atomic E-state index is 12.6. The number of rotatable bonds is 4. The van der Waals surface area contributed by atoms with E-state index in [9.17, 15) is 4.79 Å². The van der Waals surface area contributed by atoms with Crippen molar-refractivity contribution in [3.05, 3.63) is 24.3 Å². The van der Waals surface area contributed by atoms with Crippen molar-refractivity contribution in [2.45, 2.75) is 30.6 Å². The Morgan fingerprint density at radius 3 is 2.58 bits per heavy atom. The summed E-state index contributed by atoms with van der Waals surface area (Å²) >= 11 is 6.74. The Kier molecular flexibility index (Phi) is 4.47. The number of thioether (sulfide) groups is 1. The molecule has 5 heteroatoms. The second kappa shape index (κ2) is 5.92. The van der Waals surface area contributed by atoms with Crippen molar-refractivity contribution in [3.63, 3.8) is 0 Å². The summed E-state index contributed by atoms with van der Waals surface area (Å²) in [4.78, 5) is 13.9. The molecule has 0 unspecified atom stereocenters. The van der Waals surface area contributed by atoms with Crippen molar-refractivity contribution < 1.29 is 4.79 Å². The monoisotopic (exact) mass is 294 g/mol. The molecule has 1 fully saturated rings. The van der Waals surface area contributed by atoms with Crippen molar-refractivity contribution in [1.82, 2.24) is 0 Å². The van der Waals surface area contributed by atoms with Crippen LogP contribution in [0.4, 0.5) is 5.69 Å². The quantitative estimate of drug-likeness (QED) is 0.661. The number of hydrogen-bond donors (Lipinski definition) is 2. The predicted octanol–water partition coefficient (Wildman–Crippen LogP) is 3.19. The molecule has 3 N–H and O–H groups in total. The first-order valence-corrected chi connectivity index (χ1v) is 7.98. The van der Waals surface area contributed by atoms with E-state index in [0.717, 1.165) is 36.3 Å². The number of anilines is 1. The van der Waals surface area contributed by atoms with Crippen LogP contribution in [-0.4, -0.2) is 17.2 Å². The van der Waals surface area contributed by atoms with Crippen LogP contribution in [-0.2, 0) is 4.79 Å². The van der Waals surface area contributed by atoms with Crippen LogP contribution in [0.3, 0.4) is 0 Å². The van der Waals surface area contributed by atoms with Crippen LogP contribution in [0.5, 0.6) is 0 Å². The molecule has 1 saturated carbocycles. The Bertz CT molecular complexity index is 496. The molecule has 0 heterocycles. The Morgan fingerprint density at radius 2 is 2.00 bits per heavy atom. The summed E-state index contributed by atoms with van der Waals surface area (Å²) in [6.07, 6.45) is 5.53. The standard InChI is InChI=1S/C14H18N2OS2/c1-19-11-7-3-2-6-10(11)16-13(17)14(12(15)18)8-4-5-9-14/h2-3,6-7H,4-5,8-9H2,1H3,(H2,15,18)(H,16,17). The average molecular weight is 294 g/mol. The van der Waals surface area contributed by atoms with Gasteiger partial charge in [0.25, 0.3) is 0 Å². The topological polar surface area (TPSA) is 55.1 Å². The molecule has 1 amide bonds. The lowest BCUT2D eigenvalue weighted by Gasteiger charge is -2.26. The van der Waals surface area contributed by atoms with Gasteiger partial charge in [0.2, 0.25) is 5.91 Å². The molecule has 0 atom stereocenters. The first-order chi connectivity index (χ1) is 9.10. The van der Waals surface area contributed by atoms with Crippen LogP contribution in [0.2, 0.25) is 0 Å². The van der Waals surface area contributed by atoms with Gasteiger partial charge < -0.3 is 11.1 Å². The van der Waals surface area contributed by atoms with Crippen LogP contribution in [0, 0.1) is 5.41 Å². The minimum absolute atomic E-state index is 0.0565. The van der Waals surface area contributed by atoms with Crippen LogP contribution in [0.15, 0.2) is 29.2 Å². The zero-order valence-corrected chi connectivity index (χ0v) is 12.6. The number of benzene rings is 1. The number of thiocarbonyl (C=S) groups is 1. The van der Waals surface area contributed by atoms with Gasteiger partial charge in [-0.2, -0.15) is 0 Å². The highest BCUT2D eigenvalue weighted by atomic mass is 32.2. The molecule has 0 saturated heterocycles. The van der Waals surface area contributed by atoms with Gasteiger partial charge in [-0.1, -0.05) is 37.2 Å². The molecular formula is C14H18N2OS2. The van der Waals surface area contributed by atoms with Crippen molar-refractivity contribution in [2.24, 2.45) is 11.1 Å². The molecule has 1 aromatic carbocycles. The number of hydrogen-bond acceptors (Lipinski definition) is 3. The summed E-state index contributed by atoms with van der Waals surface area (Å²) in [5.74, 6) is -0.0565. The first kappa shape index (κ1) is 14.3. The zero-order valence-electron chi connectivity index (χ0n) is 10.9. The smallest absolute Gasteiger partial charge is 0.237 e. The lowest BCUT2D eigenvalue weighted by atomic mass is 9.85. The molecule has 0 aliphatic heterocycles. The van der Waals surface area contributed by atoms with Crippen molar-refractivity contribution >= 4 is 40.6 Å². The van der Waals surface area contributed by atoms with Crippen molar-refractivity contribution in [3.8, 4) is 0 Å². The second-order valence-electron chi connectivity index (χ2n) is 4.81. The minimum atomic E-state index is -0.652. The zero-order chi connectivity index (χ0) is 13.9. The molecule has 1 aliphatic carbocycles. The fourth-order valence-electron chi connectivity index (χ4n) is 2.55. The third-order valence-electron chi connectivity index (χ3n) is 3.72. The number of carbonyl (C=O) groups excluding carboxylic acids is 1. The normalized spacial score (nSPS) is 17.1. The number of para-hydroxylation sites is 1. The molecule has 1 aliphatic rings. The molecular weight excluding hydrogens is 276 g/mol. The van der Waals surface area contributed by atoms with Gasteiger partial charge in [0.15, 0.2) is 0 Å². The van der Waals surface area contributed by atoms with Crippen LogP contribution in [0.25, 0.3) is 0 Å². The van der Waals surface area contributed by atoms with Gasteiger partial charge in [-0.05, 0) is 31.2 Å². The van der Waals surface area contributed by atoms with Gasteiger partial charge in [-0.15, -0.1) is 11.8 Å². The Labute approximate surface area is 123 Å². The summed E-state index contributed by atoms with van der Waals surface area (Å²) in [6, 6.07) is 7.77. The summed E-state index contributed by atoms with van der Waals surface area (Å²) < 4.78 is 0. The highest BCUT2D eigenvalue weighted by molar-refractivity contribution is 7.98. The van der Waals surface area contributed by atoms with E-state index in [2.05, 4.69) is 5.32 Å². The number of nitrogens with two attached hydrogens (primary N) is 1. The number of amides is 1. The number of nitrogens with one attached hydrogen (secondary N) is 1. The van der Waals surface area contributed by atoms with Gasteiger partial charge in [-0.3, -0.25) is 4.79 Å². The van der Waals surface area contributed by atoms with E-state index in [1.54, 1.807) is 11.8 Å². The minimum Gasteiger partial charge on any atom is -0.392 e. The van der Waals surface area contributed by atoms with E-state index < -0.39 is 5.41 Å². The molecule has 3 nitrogen and oxygen atoms in total. The van der Waals surface area contributed by atoms with Crippen LogP contribution < -0.4 is 11.1 Å². The van der Waals surface area contributed by atoms with Crippen molar-refractivity contribution in [2.75, 3.05) is 11.6 Å². The van der Waals surface area contributed by atoms with Gasteiger partial charge >= 0.3 is 0 Å². The van der Waals surface area contributed by atoms with E-state index in [4.69, 9.17) is 18.0 Å². The summed E-state index contributed by atoms with van der Waals surface area (Å²) in [6.45, 7) is 0. The molecule has 0 aromatic heterocycles. The molecule has 102 valence electrons. The first-order valence-electron chi connectivity index (χ1n) is 6.34. The van der Waals surface area contributed by atoms with E-state index in [1.807, 2.05) is 30.5 Å². The second-order valence-corrected chi connectivity index (χ2v) is 6.10. The molecule has 19 heavy (non-hydrogen) atoms. The van der Waals surface area contributed by atoms with E-state index in [-0.39, 0.29) is 5.91 Å². The molecule has 0 bridgehead atoms. The molecule has 0 spiro atoms. The molecule has 2 rings (SSSR count). The predicted molar refractivity (Wildman–Crippen MR) is 84.5 cm³/mol. The SMILES string of the molecule is CSc1ccccc1NC(=O)C1(C(N)=S)CCCC1. The molecule has 0 radical (unpaired) electrons. The van der Waals surface area contributed by atoms with Crippen molar-refractivity contribution in [1.29, 1.82) is 0 Å². The third kappa shape index (κ3) is 2.77. The fraction of sp³-hybridized carbons (Fsp3) is 0.429. The summed E-state index contributed by atoms with van der Waals surface area (Å²) in [5, 5.41) is 3.00. The summed E-state index contributed by atoms with van der Waals surface area (Å²) in [5.41, 5.74) is 6.01. The van der Waals surface area contributed by atoms with Crippen LogP contribution >= 0.6 is 24.0 Å². The Hall–Kier alpha value is -1.07. The molecule has 1 aromatic rings.